The molecule has 0 N–H and O–H groups in total. The Balaban J connectivity index is 2.98. The molecule has 0 fully saturated rings. The van der Waals surface area contributed by atoms with E-state index in [0.29, 0.717) is 13.1 Å². The topological polar surface area (TPSA) is 26.3 Å². The van der Waals surface area contributed by atoms with Crippen LogP contribution in [0.3, 0.4) is 0 Å². The average molecular weight is 184 g/mol. The van der Waals surface area contributed by atoms with E-state index in [-0.39, 0.29) is 0 Å². The monoisotopic (exact) mass is 184 g/mol. The van der Waals surface area contributed by atoms with Crippen LogP contribution in [-0.4, -0.2) is 13.1 Å². The summed E-state index contributed by atoms with van der Waals surface area (Å²) >= 11 is 0. The molecule has 0 saturated heterocycles. The Labute approximate surface area is 81.0 Å². The number of unbranched alkanes of at least 4 members (excludes halogenated alkanes) is 4. The molecule has 0 aromatic rings. The number of ether oxygens (including phenoxy) is 1. The van der Waals surface area contributed by atoms with Crippen LogP contribution in [0, 0.1) is 0 Å². The van der Waals surface area contributed by atoms with Crippen LogP contribution in [0.4, 0.5) is 0 Å². The molecule has 0 bridgehead atoms. The van der Waals surface area contributed by atoms with Crippen LogP contribution in [0.5, 0.6) is 0 Å². The first kappa shape index (κ1) is 12.2. The van der Waals surface area contributed by atoms with Crippen molar-refractivity contribution in [3.63, 3.8) is 0 Å². The molecule has 0 heterocycles. The minimum Gasteiger partial charge on any atom is -0.468 e. The fraction of sp³-hybridized carbons (Fsp3) is 0.727. The Morgan fingerprint density at radius 3 is 2.54 bits per heavy atom. The Hall–Kier alpha value is -0.790. The van der Waals surface area contributed by atoms with Crippen molar-refractivity contribution in [2.45, 2.75) is 45.4 Å². The molecule has 0 unspecified atom stereocenters. The van der Waals surface area contributed by atoms with Gasteiger partial charge in [0.15, 0.2) is 0 Å². The molecule has 0 aliphatic rings. The summed E-state index contributed by atoms with van der Waals surface area (Å²) in [5, 5.41) is 0. The highest BCUT2D eigenvalue weighted by Gasteiger charge is 1.84. The Kier molecular flexibility index (Phi) is 10.5. The second-order valence-corrected chi connectivity index (χ2v) is 3.08. The lowest BCUT2D eigenvalue weighted by Crippen LogP contribution is -1.88. The third kappa shape index (κ3) is 11.2. The lowest BCUT2D eigenvalue weighted by Gasteiger charge is -1.94. The molecule has 0 atom stereocenters. The third-order valence-corrected chi connectivity index (χ3v) is 1.86. The summed E-state index contributed by atoms with van der Waals surface area (Å²) in [4.78, 5) is 9.77. The molecular formula is C11H20O2. The summed E-state index contributed by atoms with van der Waals surface area (Å²) < 4.78 is 4.55. The summed E-state index contributed by atoms with van der Waals surface area (Å²) in [5.74, 6) is 0. The summed E-state index contributed by atoms with van der Waals surface area (Å²) in [7, 11) is 0. The van der Waals surface area contributed by atoms with E-state index in [1.165, 1.54) is 25.7 Å². The quantitative estimate of drug-likeness (QED) is 0.313. The van der Waals surface area contributed by atoms with Gasteiger partial charge in [0.2, 0.25) is 0 Å². The summed E-state index contributed by atoms with van der Waals surface area (Å²) in [6, 6.07) is 0. The standard InChI is InChI=1S/C11H20O2/c1-2-3-4-5-6-7-8-9-10-13-11-12/h7-8,11H,2-6,9-10H2,1H3/b8-7+. The summed E-state index contributed by atoms with van der Waals surface area (Å²) in [5.41, 5.74) is 0. The summed E-state index contributed by atoms with van der Waals surface area (Å²) in [6.45, 7) is 3.22. The van der Waals surface area contributed by atoms with Crippen LogP contribution in [-0.2, 0) is 9.53 Å². The molecule has 0 aromatic heterocycles. The van der Waals surface area contributed by atoms with E-state index < -0.39 is 0 Å². The van der Waals surface area contributed by atoms with Gasteiger partial charge in [-0.15, -0.1) is 0 Å². The van der Waals surface area contributed by atoms with Gasteiger partial charge in [-0.2, -0.15) is 0 Å². The maximum Gasteiger partial charge on any atom is 0.293 e. The highest BCUT2D eigenvalue weighted by atomic mass is 16.5. The van der Waals surface area contributed by atoms with Crippen LogP contribution in [0.15, 0.2) is 12.2 Å². The molecule has 13 heavy (non-hydrogen) atoms. The Morgan fingerprint density at radius 2 is 1.85 bits per heavy atom. The first-order chi connectivity index (χ1) is 6.41. The molecule has 0 aliphatic heterocycles. The number of carbonyl (C=O) groups excluding carboxylic acids is 1. The molecule has 2 heteroatoms. The van der Waals surface area contributed by atoms with Gasteiger partial charge in [-0.25, -0.2) is 0 Å². The van der Waals surface area contributed by atoms with E-state index in [1.807, 2.05) is 0 Å². The van der Waals surface area contributed by atoms with Gasteiger partial charge in [-0.3, -0.25) is 4.79 Å². The van der Waals surface area contributed by atoms with Gasteiger partial charge < -0.3 is 4.74 Å². The predicted octanol–water partition coefficient (Wildman–Crippen LogP) is 3.08. The van der Waals surface area contributed by atoms with Crippen LogP contribution < -0.4 is 0 Å². The molecule has 0 saturated carbocycles. The molecular weight excluding hydrogens is 164 g/mol. The van der Waals surface area contributed by atoms with Crippen LogP contribution >= 0.6 is 0 Å². The minimum atomic E-state index is 0.495. The average Bonchev–Trinajstić information content (AvgIpc) is 2.16. The van der Waals surface area contributed by atoms with Crippen molar-refractivity contribution in [2.75, 3.05) is 6.61 Å². The molecule has 2 nitrogen and oxygen atoms in total. The van der Waals surface area contributed by atoms with Crippen molar-refractivity contribution < 1.29 is 9.53 Å². The molecule has 0 rings (SSSR count). The summed E-state index contributed by atoms with van der Waals surface area (Å²) in [6.07, 6.45) is 11.5. The maximum atomic E-state index is 9.77. The molecule has 76 valence electrons. The normalized spacial score (nSPS) is 10.5. The number of allylic oxidation sites excluding steroid dienone is 1. The highest BCUT2D eigenvalue weighted by Crippen LogP contribution is 2.02. The lowest BCUT2D eigenvalue weighted by molar-refractivity contribution is -0.128. The number of rotatable bonds is 9. The zero-order chi connectivity index (χ0) is 9.78. The molecule has 0 aromatic carbocycles. The number of carbonyl (C=O) groups is 1. The first-order valence-corrected chi connectivity index (χ1v) is 5.12. The molecule has 0 aliphatic carbocycles. The van der Waals surface area contributed by atoms with E-state index in [2.05, 4.69) is 23.8 Å². The number of hydrogen-bond acceptors (Lipinski definition) is 2. The van der Waals surface area contributed by atoms with E-state index in [4.69, 9.17) is 0 Å². The van der Waals surface area contributed by atoms with Crippen molar-refractivity contribution >= 4 is 6.47 Å². The van der Waals surface area contributed by atoms with Gasteiger partial charge in [0.05, 0.1) is 6.61 Å². The van der Waals surface area contributed by atoms with Gasteiger partial charge in [-0.1, -0.05) is 38.3 Å². The van der Waals surface area contributed by atoms with Crippen LogP contribution in [0.2, 0.25) is 0 Å². The second-order valence-electron chi connectivity index (χ2n) is 3.08. The highest BCUT2D eigenvalue weighted by molar-refractivity contribution is 5.36. The zero-order valence-corrected chi connectivity index (χ0v) is 8.50. The van der Waals surface area contributed by atoms with Gasteiger partial charge in [0, 0.05) is 0 Å². The van der Waals surface area contributed by atoms with E-state index in [0.717, 1.165) is 12.8 Å². The lowest BCUT2D eigenvalue weighted by atomic mass is 10.1. The maximum absolute atomic E-state index is 9.77. The largest absolute Gasteiger partial charge is 0.468 e. The fourth-order valence-corrected chi connectivity index (χ4v) is 1.11. The van der Waals surface area contributed by atoms with Crippen molar-refractivity contribution in [1.82, 2.24) is 0 Å². The Bertz CT molecular complexity index is 130. The zero-order valence-electron chi connectivity index (χ0n) is 8.50. The molecule has 0 radical (unpaired) electrons. The fourth-order valence-electron chi connectivity index (χ4n) is 1.11. The van der Waals surface area contributed by atoms with Gasteiger partial charge in [0.1, 0.15) is 0 Å². The van der Waals surface area contributed by atoms with Gasteiger partial charge in [0.25, 0.3) is 6.47 Å². The van der Waals surface area contributed by atoms with E-state index in [9.17, 15) is 4.79 Å². The number of hydrogen-bond donors (Lipinski definition) is 0. The van der Waals surface area contributed by atoms with Crippen molar-refractivity contribution in [2.24, 2.45) is 0 Å². The molecule has 0 amide bonds. The van der Waals surface area contributed by atoms with Crippen molar-refractivity contribution in [3.05, 3.63) is 12.2 Å². The van der Waals surface area contributed by atoms with E-state index in [1.54, 1.807) is 0 Å². The third-order valence-electron chi connectivity index (χ3n) is 1.86. The smallest absolute Gasteiger partial charge is 0.293 e. The van der Waals surface area contributed by atoms with Crippen LogP contribution in [0.25, 0.3) is 0 Å². The first-order valence-electron chi connectivity index (χ1n) is 5.12. The Morgan fingerprint density at radius 1 is 1.08 bits per heavy atom. The van der Waals surface area contributed by atoms with Crippen molar-refractivity contribution in [3.8, 4) is 0 Å². The minimum absolute atomic E-state index is 0.495. The molecule has 0 spiro atoms. The second kappa shape index (κ2) is 11.2. The van der Waals surface area contributed by atoms with Crippen molar-refractivity contribution in [1.29, 1.82) is 0 Å². The SMILES string of the molecule is CCCCCC/C=C/CCOC=O. The predicted molar refractivity (Wildman–Crippen MR) is 54.5 cm³/mol. The van der Waals surface area contributed by atoms with Gasteiger partial charge >= 0.3 is 0 Å². The van der Waals surface area contributed by atoms with E-state index >= 15 is 0 Å². The van der Waals surface area contributed by atoms with Crippen LogP contribution in [0.1, 0.15) is 45.4 Å². The van der Waals surface area contributed by atoms with Gasteiger partial charge in [-0.05, 0) is 19.3 Å².